The molecule has 0 saturated heterocycles. The Morgan fingerprint density at radius 1 is 1.15 bits per heavy atom. The van der Waals surface area contributed by atoms with Gasteiger partial charge in [-0.15, -0.1) is 0 Å². The van der Waals surface area contributed by atoms with Gasteiger partial charge in [0.05, 0.1) is 10.9 Å². The van der Waals surface area contributed by atoms with Gasteiger partial charge in [-0.3, -0.25) is 14.2 Å². The maximum Gasteiger partial charge on any atom is 0.262 e. The molecule has 0 unspecified atom stereocenters. The third kappa shape index (κ3) is 6.24. The summed E-state index contributed by atoms with van der Waals surface area (Å²) in [6.07, 6.45) is 7.87. The minimum absolute atomic E-state index is 0.102. The molecule has 0 saturated carbocycles. The first-order valence-electron chi connectivity index (χ1n) is 11.5. The minimum Gasteiger partial charge on any atom is -0.351 e. The Balaban J connectivity index is 1.37. The van der Waals surface area contributed by atoms with Crippen LogP contribution in [0, 0.1) is 4.77 Å². The molecule has 0 radical (unpaired) electrons. The van der Waals surface area contributed by atoms with Crippen LogP contribution in [0.1, 0.15) is 48.0 Å². The number of allylic oxidation sites excluding steroid dienone is 2. The highest BCUT2D eigenvalue weighted by Crippen LogP contribution is 2.20. The number of aromatic amines is 1. The van der Waals surface area contributed by atoms with Crippen molar-refractivity contribution in [3.8, 4) is 0 Å². The van der Waals surface area contributed by atoms with Crippen LogP contribution >= 0.6 is 24.0 Å². The molecular formula is C26H29N3O2S2. The van der Waals surface area contributed by atoms with E-state index >= 15 is 0 Å². The van der Waals surface area contributed by atoms with Gasteiger partial charge in [-0.05, 0) is 68.1 Å². The lowest BCUT2D eigenvalue weighted by Gasteiger charge is -2.14. The van der Waals surface area contributed by atoms with Crippen molar-refractivity contribution >= 4 is 40.8 Å². The summed E-state index contributed by atoms with van der Waals surface area (Å²) in [6, 6.07) is 15.4. The fourth-order valence-electron chi connectivity index (χ4n) is 4.09. The molecule has 1 heterocycles. The van der Waals surface area contributed by atoms with E-state index in [1.54, 1.807) is 34.5 Å². The number of hydrogen-bond acceptors (Lipinski definition) is 4. The molecule has 1 aliphatic carbocycles. The van der Waals surface area contributed by atoms with E-state index in [-0.39, 0.29) is 11.5 Å². The summed E-state index contributed by atoms with van der Waals surface area (Å²) < 4.78 is 2.04. The Morgan fingerprint density at radius 3 is 2.79 bits per heavy atom. The maximum absolute atomic E-state index is 13.0. The Labute approximate surface area is 203 Å². The first-order valence-corrected chi connectivity index (χ1v) is 13.0. The van der Waals surface area contributed by atoms with Gasteiger partial charge in [0.2, 0.25) is 0 Å². The number of amides is 1. The second-order valence-corrected chi connectivity index (χ2v) is 9.79. The first-order chi connectivity index (χ1) is 16.1. The number of aromatic nitrogens is 2. The molecule has 4 rings (SSSR count). The van der Waals surface area contributed by atoms with Gasteiger partial charge in [0, 0.05) is 30.2 Å². The van der Waals surface area contributed by atoms with Gasteiger partial charge < -0.3 is 10.3 Å². The normalized spacial score (nSPS) is 13.6. The zero-order chi connectivity index (χ0) is 23.0. The number of carbonyl (C=O) groups excluding carboxylic acids is 1. The number of nitrogens with zero attached hydrogens (tertiary/aromatic N) is 1. The summed E-state index contributed by atoms with van der Waals surface area (Å²) in [5, 5.41) is 3.51. The molecule has 0 aliphatic heterocycles. The molecule has 7 heteroatoms. The largest absolute Gasteiger partial charge is 0.351 e. The SMILES string of the molecule is O=C(NCCSCc1ccccc1)c1ccc2c(=O)n(CCC3=CCCCC3)c(=S)[nH]c2c1. The van der Waals surface area contributed by atoms with Crippen molar-refractivity contribution in [2.75, 3.05) is 12.3 Å². The Bertz CT molecular complexity index is 1260. The van der Waals surface area contributed by atoms with Crippen molar-refractivity contribution in [3.63, 3.8) is 0 Å². The van der Waals surface area contributed by atoms with E-state index < -0.39 is 0 Å². The van der Waals surface area contributed by atoms with Crippen LogP contribution in [-0.2, 0) is 12.3 Å². The third-order valence-corrected chi connectivity index (χ3v) is 7.28. The molecule has 1 aromatic heterocycles. The topological polar surface area (TPSA) is 66.9 Å². The molecule has 1 aliphatic rings. The second-order valence-electron chi connectivity index (χ2n) is 8.30. The average molecular weight is 480 g/mol. The predicted molar refractivity (Wildman–Crippen MR) is 139 cm³/mol. The van der Waals surface area contributed by atoms with Gasteiger partial charge in [0.15, 0.2) is 4.77 Å². The summed E-state index contributed by atoms with van der Waals surface area (Å²) in [6.45, 7) is 1.17. The van der Waals surface area contributed by atoms with Crippen molar-refractivity contribution < 1.29 is 4.79 Å². The molecule has 172 valence electrons. The number of thioether (sulfide) groups is 1. The highest BCUT2D eigenvalue weighted by atomic mass is 32.2. The number of H-pyrrole nitrogens is 1. The molecule has 0 atom stereocenters. The fraction of sp³-hybridized carbons (Fsp3) is 0.346. The average Bonchev–Trinajstić information content (AvgIpc) is 2.84. The van der Waals surface area contributed by atoms with Gasteiger partial charge in [0.25, 0.3) is 11.5 Å². The van der Waals surface area contributed by atoms with Crippen molar-refractivity contribution in [2.45, 2.75) is 44.4 Å². The van der Waals surface area contributed by atoms with Gasteiger partial charge in [-0.25, -0.2) is 0 Å². The van der Waals surface area contributed by atoms with Crippen LogP contribution in [-0.4, -0.2) is 27.8 Å². The molecule has 3 aromatic rings. The summed E-state index contributed by atoms with van der Waals surface area (Å²) in [4.78, 5) is 28.8. The Kier molecular flexibility index (Phi) is 8.18. The van der Waals surface area contributed by atoms with Crippen LogP contribution in [0.3, 0.4) is 0 Å². The molecule has 5 nitrogen and oxygen atoms in total. The maximum atomic E-state index is 13.0. The zero-order valence-corrected chi connectivity index (χ0v) is 20.3. The minimum atomic E-state index is -0.148. The van der Waals surface area contributed by atoms with E-state index in [0.717, 1.165) is 30.8 Å². The number of rotatable bonds is 9. The molecule has 33 heavy (non-hydrogen) atoms. The molecule has 2 N–H and O–H groups in total. The van der Waals surface area contributed by atoms with Gasteiger partial charge in [-0.2, -0.15) is 11.8 Å². The highest BCUT2D eigenvalue weighted by Gasteiger charge is 2.11. The van der Waals surface area contributed by atoms with Crippen LogP contribution in [0.15, 0.2) is 65.0 Å². The van der Waals surface area contributed by atoms with Crippen LogP contribution in [0.4, 0.5) is 0 Å². The van der Waals surface area contributed by atoms with Crippen LogP contribution < -0.4 is 10.9 Å². The number of fused-ring (bicyclic) bond motifs is 1. The molecular weight excluding hydrogens is 450 g/mol. The quantitative estimate of drug-likeness (QED) is 0.238. The lowest BCUT2D eigenvalue weighted by Crippen LogP contribution is -2.26. The standard InChI is InChI=1S/C26H29N3O2S2/c30-24(27-14-16-33-18-20-9-5-2-6-10-20)21-11-12-22-23(17-21)28-26(32)29(25(22)31)15-13-19-7-3-1-4-8-19/h2,5-7,9-12,17H,1,3-4,8,13-16,18H2,(H,27,30)(H,28,32). The van der Waals surface area contributed by atoms with Crippen LogP contribution in [0.5, 0.6) is 0 Å². The van der Waals surface area contributed by atoms with E-state index in [1.165, 1.54) is 24.0 Å². The zero-order valence-electron chi connectivity index (χ0n) is 18.6. The number of benzene rings is 2. The molecule has 0 fully saturated rings. The lowest BCUT2D eigenvalue weighted by atomic mass is 9.97. The van der Waals surface area contributed by atoms with Gasteiger partial charge in [-0.1, -0.05) is 42.0 Å². The number of carbonyl (C=O) groups is 1. The van der Waals surface area contributed by atoms with Crippen LogP contribution in [0.25, 0.3) is 10.9 Å². The van der Waals surface area contributed by atoms with Crippen molar-refractivity contribution in [1.82, 2.24) is 14.9 Å². The smallest absolute Gasteiger partial charge is 0.262 e. The number of nitrogens with one attached hydrogen (secondary N) is 2. The fourth-order valence-corrected chi connectivity index (χ4v) is 5.19. The highest BCUT2D eigenvalue weighted by molar-refractivity contribution is 7.98. The predicted octanol–water partition coefficient (Wildman–Crippen LogP) is 5.61. The monoisotopic (exact) mass is 479 g/mol. The summed E-state index contributed by atoms with van der Waals surface area (Å²) in [7, 11) is 0. The van der Waals surface area contributed by atoms with E-state index in [9.17, 15) is 9.59 Å². The van der Waals surface area contributed by atoms with Gasteiger partial charge >= 0.3 is 0 Å². The Hall–Kier alpha value is -2.64. The van der Waals surface area contributed by atoms with E-state index in [2.05, 4.69) is 28.5 Å². The second kappa shape index (κ2) is 11.5. The van der Waals surface area contributed by atoms with Crippen molar-refractivity contribution in [3.05, 3.63) is 86.4 Å². The summed E-state index contributed by atoms with van der Waals surface area (Å²) in [5.74, 6) is 1.61. The Morgan fingerprint density at radius 2 is 2.00 bits per heavy atom. The van der Waals surface area contributed by atoms with E-state index in [1.807, 2.05) is 18.2 Å². The molecule has 2 aromatic carbocycles. The first kappa shape index (κ1) is 23.5. The van der Waals surface area contributed by atoms with Crippen molar-refractivity contribution in [2.24, 2.45) is 0 Å². The summed E-state index contributed by atoms with van der Waals surface area (Å²) >= 11 is 7.25. The van der Waals surface area contributed by atoms with E-state index in [4.69, 9.17) is 12.2 Å². The molecule has 0 bridgehead atoms. The lowest BCUT2D eigenvalue weighted by molar-refractivity contribution is 0.0956. The van der Waals surface area contributed by atoms with Crippen LogP contribution in [0.2, 0.25) is 0 Å². The molecule has 1 amide bonds. The van der Waals surface area contributed by atoms with Crippen molar-refractivity contribution in [1.29, 1.82) is 0 Å². The van der Waals surface area contributed by atoms with Gasteiger partial charge in [0.1, 0.15) is 0 Å². The molecule has 0 spiro atoms. The summed E-state index contributed by atoms with van der Waals surface area (Å²) in [5.41, 5.74) is 3.71. The van der Waals surface area contributed by atoms with E-state index in [0.29, 0.717) is 34.3 Å². The number of hydrogen-bond donors (Lipinski definition) is 2. The third-order valence-electron chi connectivity index (χ3n) is 5.93.